The summed E-state index contributed by atoms with van der Waals surface area (Å²) >= 11 is 12.1. The van der Waals surface area contributed by atoms with Gasteiger partial charge in [-0.05, 0) is 49.6 Å². The number of carbonyl (C=O) groups is 2. The maximum atomic E-state index is 14.3. The topological polar surface area (TPSA) is 86.8 Å². The first-order valence-electron chi connectivity index (χ1n) is 11.7. The van der Waals surface area contributed by atoms with E-state index >= 15 is 0 Å². The maximum Gasteiger partial charge on any atom is 0.242 e. The van der Waals surface area contributed by atoms with Gasteiger partial charge in [-0.25, -0.2) is 12.8 Å². The lowest BCUT2D eigenvalue weighted by molar-refractivity contribution is -0.140. The van der Waals surface area contributed by atoms with Gasteiger partial charge in [0, 0.05) is 26.1 Å². The minimum absolute atomic E-state index is 0.0472. The van der Waals surface area contributed by atoms with Crippen molar-refractivity contribution in [2.45, 2.75) is 52.1 Å². The zero-order chi connectivity index (χ0) is 26.9. The van der Waals surface area contributed by atoms with E-state index < -0.39 is 21.9 Å². The first kappa shape index (κ1) is 29.9. The van der Waals surface area contributed by atoms with Crippen LogP contribution in [0.25, 0.3) is 0 Å². The number of hydrogen-bond acceptors (Lipinski definition) is 4. The van der Waals surface area contributed by atoms with Crippen molar-refractivity contribution in [3.05, 3.63) is 63.9 Å². The number of sulfonamides is 1. The minimum Gasteiger partial charge on any atom is -0.354 e. The number of nitrogens with one attached hydrogen (secondary N) is 1. The van der Waals surface area contributed by atoms with Crippen molar-refractivity contribution < 1.29 is 22.4 Å². The molecule has 11 heteroatoms. The van der Waals surface area contributed by atoms with Crippen LogP contribution >= 0.6 is 23.2 Å². The van der Waals surface area contributed by atoms with E-state index in [1.165, 1.54) is 23.1 Å². The third-order valence-corrected chi connectivity index (χ3v) is 7.53. The van der Waals surface area contributed by atoms with Crippen molar-refractivity contribution in [1.82, 2.24) is 10.2 Å². The smallest absolute Gasteiger partial charge is 0.242 e. The summed E-state index contributed by atoms with van der Waals surface area (Å²) in [6.07, 6.45) is 2.80. The molecule has 36 heavy (non-hydrogen) atoms. The molecule has 0 aromatic heterocycles. The summed E-state index contributed by atoms with van der Waals surface area (Å²) in [7, 11) is -3.78. The number of benzene rings is 2. The van der Waals surface area contributed by atoms with Gasteiger partial charge in [0.25, 0.3) is 0 Å². The van der Waals surface area contributed by atoms with E-state index in [9.17, 15) is 22.4 Å². The van der Waals surface area contributed by atoms with Crippen LogP contribution in [0.1, 0.15) is 45.1 Å². The molecule has 0 fully saturated rings. The summed E-state index contributed by atoms with van der Waals surface area (Å²) in [4.78, 5) is 27.4. The average molecular weight is 561 g/mol. The van der Waals surface area contributed by atoms with Gasteiger partial charge < -0.3 is 10.2 Å². The summed E-state index contributed by atoms with van der Waals surface area (Å²) in [5, 5.41) is 3.54. The van der Waals surface area contributed by atoms with Crippen molar-refractivity contribution in [2.24, 2.45) is 0 Å². The highest BCUT2D eigenvalue weighted by Crippen LogP contribution is 2.25. The molecule has 2 amide bonds. The third-order valence-electron chi connectivity index (χ3n) is 5.61. The zero-order valence-electron chi connectivity index (χ0n) is 20.6. The maximum absolute atomic E-state index is 14.3. The fourth-order valence-corrected chi connectivity index (χ4v) is 4.88. The number of para-hydroxylation sites is 1. The molecule has 7 nitrogen and oxygen atoms in total. The third kappa shape index (κ3) is 8.64. The van der Waals surface area contributed by atoms with E-state index in [1.807, 2.05) is 6.92 Å². The van der Waals surface area contributed by atoms with Crippen molar-refractivity contribution >= 4 is 50.7 Å². The molecule has 1 atom stereocenters. The van der Waals surface area contributed by atoms with Gasteiger partial charge in [-0.2, -0.15) is 0 Å². The Kier molecular flexibility index (Phi) is 11.5. The van der Waals surface area contributed by atoms with Gasteiger partial charge in [0.1, 0.15) is 11.9 Å². The molecular weight excluding hydrogens is 528 g/mol. The van der Waals surface area contributed by atoms with Gasteiger partial charge >= 0.3 is 0 Å². The van der Waals surface area contributed by atoms with Gasteiger partial charge in [0.2, 0.25) is 21.8 Å². The Morgan fingerprint density at radius 3 is 2.39 bits per heavy atom. The Bertz CT molecular complexity index is 1160. The Morgan fingerprint density at radius 1 is 1.08 bits per heavy atom. The lowest BCUT2D eigenvalue weighted by Crippen LogP contribution is -2.48. The fraction of sp³-hybridized carbons (Fsp3) is 0.440. The number of hydrogen-bond donors (Lipinski definition) is 1. The average Bonchev–Trinajstić information content (AvgIpc) is 2.82. The molecule has 0 spiro atoms. The Labute approximate surface area is 222 Å². The minimum atomic E-state index is -3.78. The first-order chi connectivity index (χ1) is 17.0. The zero-order valence-corrected chi connectivity index (χ0v) is 23.0. The molecule has 1 N–H and O–H groups in total. The van der Waals surface area contributed by atoms with Crippen molar-refractivity contribution in [1.29, 1.82) is 0 Å². The van der Waals surface area contributed by atoms with Crippen molar-refractivity contribution in [3.8, 4) is 0 Å². The quantitative estimate of drug-likeness (QED) is 0.349. The lowest BCUT2D eigenvalue weighted by atomic mass is 10.1. The highest BCUT2D eigenvalue weighted by molar-refractivity contribution is 7.92. The molecule has 0 aliphatic rings. The monoisotopic (exact) mass is 559 g/mol. The molecule has 0 saturated carbocycles. The predicted molar refractivity (Wildman–Crippen MR) is 142 cm³/mol. The second-order valence-corrected chi connectivity index (χ2v) is 11.2. The molecule has 2 aromatic carbocycles. The number of halogens is 3. The van der Waals surface area contributed by atoms with E-state index in [0.29, 0.717) is 22.2 Å². The molecule has 198 valence electrons. The molecule has 0 heterocycles. The van der Waals surface area contributed by atoms with E-state index in [1.54, 1.807) is 31.2 Å². The molecule has 2 rings (SSSR count). The second-order valence-electron chi connectivity index (χ2n) is 8.48. The number of carbonyl (C=O) groups excluding carboxylic acids is 2. The summed E-state index contributed by atoms with van der Waals surface area (Å²) < 4.78 is 39.8. The van der Waals surface area contributed by atoms with Crippen LogP contribution in [0, 0.1) is 5.82 Å². The normalized spacial score (nSPS) is 12.2. The van der Waals surface area contributed by atoms with Gasteiger partial charge in [-0.15, -0.1) is 0 Å². The van der Waals surface area contributed by atoms with E-state index in [0.717, 1.165) is 23.4 Å². The number of anilines is 1. The fourth-order valence-electron chi connectivity index (χ4n) is 3.59. The second kappa shape index (κ2) is 13.8. The number of rotatable bonds is 13. The highest BCUT2D eigenvalue weighted by Gasteiger charge is 2.27. The predicted octanol–water partition coefficient (Wildman–Crippen LogP) is 5.01. The Balaban J connectivity index is 2.18. The number of amides is 2. The van der Waals surface area contributed by atoms with Crippen LogP contribution in [0.15, 0.2) is 42.5 Å². The van der Waals surface area contributed by atoms with Gasteiger partial charge in [-0.3, -0.25) is 13.9 Å². The van der Waals surface area contributed by atoms with Crippen LogP contribution in [0.2, 0.25) is 10.0 Å². The molecule has 0 aliphatic carbocycles. The van der Waals surface area contributed by atoms with Crippen LogP contribution in [0.3, 0.4) is 0 Å². The van der Waals surface area contributed by atoms with Crippen LogP contribution in [0.5, 0.6) is 0 Å². The lowest BCUT2D eigenvalue weighted by Gasteiger charge is -2.29. The van der Waals surface area contributed by atoms with Crippen LogP contribution < -0.4 is 9.62 Å². The standard InChI is InChI=1S/C25H32Cl2FN3O4S/c1-4-5-14-29-25(33)18(2)30(17-19-12-13-20(26)21(27)16-19)24(32)11-8-15-31(36(3,34)35)23-10-7-6-9-22(23)28/h6-7,9-10,12-13,16,18H,4-5,8,11,14-15,17H2,1-3H3,(H,29,33)/t18-/m0/s1. The first-order valence-corrected chi connectivity index (χ1v) is 14.3. The number of unbranched alkanes of at least 4 members (excludes halogenated alkanes) is 1. The largest absolute Gasteiger partial charge is 0.354 e. The molecule has 0 saturated heterocycles. The van der Waals surface area contributed by atoms with Gasteiger partial charge in [-0.1, -0.05) is 54.7 Å². The molecule has 0 radical (unpaired) electrons. The SMILES string of the molecule is CCCCNC(=O)[C@H](C)N(Cc1ccc(Cl)c(Cl)c1)C(=O)CCCN(c1ccccc1F)S(C)(=O)=O. The Morgan fingerprint density at radius 2 is 1.78 bits per heavy atom. The van der Waals surface area contributed by atoms with E-state index in [2.05, 4.69) is 5.32 Å². The summed E-state index contributed by atoms with van der Waals surface area (Å²) in [6, 6.07) is 9.76. The summed E-state index contributed by atoms with van der Waals surface area (Å²) in [5.74, 6) is -1.31. The molecular formula is C25H32Cl2FN3O4S. The molecule has 0 bridgehead atoms. The molecule has 0 aliphatic heterocycles. The highest BCUT2D eigenvalue weighted by atomic mass is 35.5. The van der Waals surface area contributed by atoms with E-state index in [-0.39, 0.29) is 43.4 Å². The van der Waals surface area contributed by atoms with Crippen LogP contribution in [-0.4, -0.2) is 50.5 Å². The Hall–Kier alpha value is -2.36. The summed E-state index contributed by atoms with van der Waals surface area (Å²) in [5.41, 5.74) is 0.610. The van der Waals surface area contributed by atoms with Crippen LogP contribution in [0.4, 0.5) is 10.1 Å². The molecule has 0 unspecified atom stereocenters. The van der Waals surface area contributed by atoms with Gasteiger partial charge in [0.15, 0.2) is 0 Å². The van der Waals surface area contributed by atoms with Crippen LogP contribution in [-0.2, 0) is 26.2 Å². The van der Waals surface area contributed by atoms with Crippen molar-refractivity contribution in [2.75, 3.05) is 23.7 Å². The van der Waals surface area contributed by atoms with E-state index in [4.69, 9.17) is 23.2 Å². The number of nitrogens with zero attached hydrogens (tertiary/aromatic N) is 2. The summed E-state index contributed by atoms with van der Waals surface area (Å²) in [6.45, 7) is 4.17. The molecule has 2 aromatic rings. The van der Waals surface area contributed by atoms with Gasteiger partial charge in [0.05, 0.1) is 22.0 Å². The van der Waals surface area contributed by atoms with Crippen molar-refractivity contribution in [3.63, 3.8) is 0 Å².